The molecule has 2 aromatic heterocycles. The van der Waals surface area contributed by atoms with Gasteiger partial charge in [0.25, 0.3) is 0 Å². The van der Waals surface area contributed by atoms with Crippen molar-refractivity contribution in [2.75, 3.05) is 0 Å². The second-order valence-electron chi connectivity index (χ2n) is 3.51. The Bertz CT molecular complexity index is 663. The highest BCUT2D eigenvalue weighted by Crippen LogP contribution is 2.31. The zero-order valence-electron chi connectivity index (χ0n) is 8.59. The number of phenols is 1. The summed E-state index contributed by atoms with van der Waals surface area (Å²) in [6.07, 6.45) is 1.68. The molecule has 0 aliphatic heterocycles. The highest BCUT2D eigenvalue weighted by Gasteiger charge is 2.11. The third-order valence-electron chi connectivity index (χ3n) is 2.35. The number of benzene rings is 1. The van der Waals surface area contributed by atoms with E-state index in [1.165, 1.54) is 23.5 Å². The van der Waals surface area contributed by atoms with E-state index in [1.807, 2.05) is 6.07 Å². The number of phenolic OH excluding ortho intramolecular Hbond substituents is 1. The van der Waals surface area contributed by atoms with Crippen molar-refractivity contribution in [3.05, 3.63) is 42.3 Å². The van der Waals surface area contributed by atoms with E-state index in [9.17, 15) is 4.39 Å². The number of halogens is 1. The monoisotopic (exact) mass is 246 g/mol. The zero-order valence-corrected chi connectivity index (χ0v) is 9.41. The van der Waals surface area contributed by atoms with Gasteiger partial charge in [-0.3, -0.25) is 0 Å². The van der Waals surface area contributed by atoms with Crippen LogP contribution in [-0.4, -0.2) is 15.1 Å². The highest BCUT2D eigenvalue weighted by atomic mass is 32.1. The number of aromatic hydroxyl groups is 1. The SMILES string of the molecule is Oc1ccc(-c2nc3cccnc3s2)c(F)c1. The summed E-state index contributed by atoms with van der Waals surface area (Å²) in [5, 5.41) is 9.72. The lowest BCUT2D eigenvalue weighted by Gasteiger charge is -1.98. The fourth-order valence-corrected chi connectivity index (χ4v) is 2.50. The van der Waals surface area contributed by atoms with Gasteiger partial charge in [0.05, 0.1) is 0 Å². The predicted octanol–water partition coefficient (Wildman–Crippen LogP) is 3.20. The molecule has 0 saturated heterocycles. The minimum absolute atomic E-state index is 0.0921. The Hall–Kier alpha value is -2.01. The Labute approximate surface area is 100 Å². The normalized spacial score (nSPS) is 10.9. The largest absolute Gasteiger partial charge is 0.508 e. The number of rotatable bonds is 1. The molecular weight excluding hydrogens is 239 g/mol. The molecule has 1 N–H and O–H groups in total. The van der Waals surface area contributed by atoms with Crippen LogP contribution in [0.3, 0.4) is 0 Å². The molecule has 0 amide bonds. The van der Waals surface area contributed by atoms with E-state index < -0.39 is 5.82 Å². The van der Waals surface area contributed by atoms with Gasteiger partial charge in [0.2, 0.25) is 0 Å². The fourth-order valence-electron chi connectivity index (χ4n) is 1.56. The van der Waals surface area contributed by atoms with Crippen molar-refractivity contribution in [3.8, 4) is 16.3 Å². The van der Waals surface area contributed by atoms with Gasteiger partial charge in [-0.15, -0.1) is 0 Å². The van der Waals surface area contributed by atoms with Crippen molar-refractivity contribution in [2.24, 2.45) is 0 Å². The Morgan fingerprint density at radius 1 is 1.24 bits per heavy atom. The van der Waals surface area contributed by atoms with E-state index in [4.69, 9.17) is 5.11 Å². The predicted molar refractivity (Wildman–Crippen MR) is 64.5 cm³/mol. The fraction of sp³-hybridized carbons (Fsp3) is 0. The number of pyridine rings is 1. The smallest absolute Gasteiger partial charge is 0.143 e. The average molecular weight is 246 g/mol. The summed E-state index contributed by atoms with van der Waals surface area (Å²) in [4.78, 5) is 9.24. The van der Waals surface area contributed by atoms with Gasteiger partial charge >= 0.3 is 0 Å². The van der Waals surface area contributed by atoms with E-state index in [0.29, 0.717) is 10.6 Å². The first-order valence-electron chi connectivity index (χ1n) is 4.94. The number of nitrogens with zero attached hydrogens (tertiary/aromatic N) is 2. The Morgan fingerprint density at radius 2 is 2.12 bits per heavy atom. The summed E-state index contributed by atoms with van der Waals surface area (Å²) in [5.74, 6) is -0.574. The maximum absolute atomic E-state index is 13.7. The van der Waals surface area contributed by atoms with Crippen molar-refractivity contribution in [1.29, 1.82) is 0 Å². The van der Waals surface area contributed by atoms with Crippen LogP contribution >= 0.6 is 11.3 Å². The minimum atomic E-state index is -0.482. The Balaban J connectivity index is 2.20. The quantitative estimate of drug-likeness (QED) is 0.717. The van der Waals surface area contributed by atoms with Gasteiger partial charge in [-0.25, -0.2) is 14.4 Å². The van der Waals surface area contributed by atoms with Gasteiger partial charge in [0.15, 0.2) is 0 Å². The number of hydrogen-bond donors (Lipinski definition) is 1. The van der Waals surface area contributed by atoms with E-state index in [2.05, 4.69) is 9.97 Å². The third-order valence-corrected chi connectivity index (χ3v) is 3.36. The van der Waals surface area contributed by atoms with Crippen LogP contribution in [0.1, 0.15) is 0 Å². The molecular formula is C12H7FN2OS. The molecule has 3 rings (SSSR count). The van der Waals surface area contributed by atoms with Gasteiger partial charge in [-0.05, 0) is 24.3 Å². The highest BCUT2D eigenvalue weighted by molar-refractivity contribution is 7.21. The maximum Gasteiger partial charge on any atom is 0.143 e. The van der Waals surface area contributed by atoms with Crippen LogP contribution in [0.25, 0.3) is 20.9 Å². The van der Waals surface area contributed by atoms with E-state index in [0.717, 1.165) is 16.4 Å². The molecule has 3 nitrogen and oxygen atoms in total. The number of hydrogen-bond acceptors (Lipinski definition) is 4. The van der Waals surface area contributed by atoms with Gasteiger partial charge in [0, 0.05) is 17.8 Å². The van der Waals surface area contributed by atoms with Crippen molar-refractivity contribution >= 4 is 21.7 Å². The molecule has 0 saturated carbocycles. The van der Waals surface area contributed by atoms with Crippen molar-refractivity contribution in [3.63, 3.8) is 0 Å². The van der Waals surface area contributed by atoms with Crippen LogP contribution in [0.2, 0.25) is 0 Å². The molecule has 0 bridgehead atoms. The topological polar surface area (TPSA) is 46.0 Å². The van der Waals surface area contributed by atoms with Crippen molar-refractivity contribution in [2.45, 2.75) is 0 Å². The van der Waals surface area contributed by atoms with Crippen LogP contribution in [0.5, 0.6) is 5.75 Å². The Morgan fingerprint density at radius 3 is 2.88 bits per heavy atom. The molecule has 3 aromatic rings. The molecule has 5 heteroatoms. The second-order valence-corrected chi connectivity index (χ2v) is 4.49. The third kappa shape index (κ3) is 1.74. The number of aromatic nitrogens is 2. The lowest BCUT2D eigenvalue weighted by molar-refractivity contribution is 0.469. The van der Waals surface area contributed by atoms with Gasteiger partial charge < -0.3 is 5.11 Å². The van der Waals surface area contributed by atoms with E-state index >= 15 is 0 Å². The molecule has 0 unspecified atom stereocenters. The molecule has 17 heavy (non-hydrogen) atoms. The molecule has 0 atom stereocenters. The molecule has 0 aliphatic rings. The van der Waals surface area contributed by atoms with Crippen LogP contribution in [0, 0.1) is 5.82 Å². The zero-order chi connectivity index (χ0) is 11.8. The average Bonchev–Trinajstić information content (AvgIpc) is 2.72. The number of thiazole rings is 1. The van der Waals surface area contributed by atoms with Crippen LogP contribution < -0.4 is 0 Å². The molecule has 1 aromatic carbocycles. The first kappa shape index (κ1) is 10.2. The first-order valence-corrected chi connectivity index (χ1v) is 5.76. The van der Waals surface area contributed by atoms with Crippen LogP contribution in [0.4, 0.5) is 4.39 Å². The number of fused-ring (bicyclic) bond motifs is 1. The summed E-state index contributed by atoms with van der Waals surface area (Å²) in [6.45, 7) is 0. The minimum Gasteiger partial charge on any atom is -0.508 e. The molecule has 0 fully saturated rings. The molecule has 2 heterocycles. The van der Waals surface area contributed by atoms with Gasteiger partial charge in [-0.2, -0.15) is 0 Å². The summed E-state index contributed by atoms with van der Waals surface area (Å²) in [7, 11) is 0. The second kappa shape index (κ2) is 3.78. The summed E-state index contributed by atoms with van der Waals surface area (Å²) >= 11 is 1.33. The molecule has 0 spiro atoms. The van der Waals surface area contributed by atoms with E-state index in [-0.39, 0.29) is 5.75 Å². The van der Waals surface area contributed by atoms with Gasteiger partial charge in [-0.1, -0.05) is 11.3 Å². The molecule has 0 aliphatic carbocycles. The first-order chi connectivity index (χ1) is 8.24. The maximum atomic E-state index is 13.7. The summed E-state index contributed by atoms with van der Waals surface area (Å²) in [6, 6.07) is 7.66. The van der Waals surface area contributed by atoms with Crippen LogP contribution in [-0.2, 0) is 0 Å². The van der Waals surface area contributed by atoms with Crippen LogP contribution in [0.15, 0.2) is 36.5 Å². The summed E-state index contributed by atoms with van der Waals surface area (Å²) < 4.78 is 13.7. The summed E-state index contributed by atoms with van der Waals surface area (Å²) in [5.41, 5.74) is 1.13. The standard InChI is InChI=1S/C12H7FN2OS/c13-9-6-7(16)3-4-8(9)11-15-10-2-1-5-14-12(10)17-11/h1-6,16H. The Kier molecular flexibility index (Phi) is 2.26. The van der Waals surface area contributed by atoms with Gasteiger partial charge in [0.1, 0.15) is 26.9 Å². The van der Waals surface area contributed by atoms with E-state index in [1.54, 1.807) is 12.3 Å². The lowest BCUT2D eigenvalue weighted by atomic mass is 10.2. The molecule has 84 valence electrons. The van der Waals surface area contributed by atoms with Crippen molar-refractivity contribution < 1.29 is 9.50 Å². The molecule has 0 radical (unpaired) electrons. The van der Waals surface area contributed by atoms with Crippen molar-refractivity contribution in [1.82, 2.24) is 9.97 Å². The lowest BCUT2D eigenvalue weighted by Crippen LogP contribution is -1.82.